The first-order valence-corrected chi connectivity index (χ1v) is 4.85. The van der Waals surface area contributed by atoms with Crippen LogP contribution in [0, 0.1) is 0 Å². The summed E-state index contributed by atoms with van der Waals surface area (Å²) >= 11 is 0. The molecule has 1 saturated carbocycles. The lowest BCUT2D eigenvalue weighted by Crippen LogP contribution is -2.32. The van der Waals surface area contributed by atoms with E-state index < -0.39 is 5.60 Å². The van der Waals surface area contributed by atoms with Crippen molar-refractivity contribution in [1.82, 2.24) is 0 Å². The van der Waals surface area contributed by atoms with Gasteiger partial charge in [-0.15, -0.1) is 0 Å². The maximum Gasteiger partial charge on any atom is 0.161 e. The molecule has 2 aliphatic carbocycles. The number of allylic oxidation sites excluding steroid dienone is 1. The monoisotopic (exact) mass is 182 g/mol. The number of carbonyl (C=O) groups is 1. The molecule has 3 heteroatoms. The fourth-order valence-corrected chi connectivity index (χ4v) is 2.39. The van der Waals surface area contributed by atoms with Crippen LogP contribution in [0.15, 0.2) is 11.6 Å². The predicted octanol–water partition coefficient (Wildman–Crippen LogP) is 2.08. The lowest BCUT2D eigenvalue weighted by Gasteiger charge is -2.25. The highest BCUT2D eigenvalue weighted by molar-refractivity contribution is 5.99. The highest BCUT2D eigenvalue weighted by Crippen LogP contribution is 2.41. The summed E-state index contributed by atoms with van der Waals surface area (Å²) in [5.74, 6) is 0.149. The predicted molar refractivity (Wildman–Crippen MR) is 47.2 cm³/mol. The van der Waals surface area contributed by atoms with Gasteiger partial charge >= 0.3 is 0 Å². The molecule has 0 aromatic heterocycles. The van der Waals surface area contributed by atoms with Crippen LogP contribution in [0.25, 0.3) is 0 Å². The smallest absolute Gasteiger partial charge is 0.161 e. The molecule has 0 radical (unpaired) electrons. The summed E-state index contributed by atoms with van der Waals surface area (Å²) in [6, 6.07) is 0. The van der Waals surface area contributed by atoms with Crippen molar-refractivity contribution in [3.8, 4) is 0 Å². The van der Waals surface area contributed by atoms with Gasteiger partial charge in [-0.05, 0) is 32.1 Å². The van der Waals surface area contributed by atoms with Crippen molar-refractivity contribution in [2.75, 3.05) is 0 Å². The zero-order chi connectivity index (χ0) is 9.31. The van der Waals surface area contributed by atoms with Crippen LogP contribution in [0.4, 0.5) is 0 Å². The van der Waals surface area contributed by atoms with Gasteiger partial charge < -0.3 is 0 Å². The zero-order valence-corrected chi connectivity index (χ0v) is 7.58. The topological polar surface area (TPSA) is 46.5 Å². The molecule has 2 aliphatic rings. The third kappa shape index (κ3) is 1.32. The second-order valence-corrected chi connectivity index (χ2v) is 3.87. The molecule has 3 nitrogen and oxygen atoms in total. The molecule has 0 aromatic rings. The van der Waals surface area contributed by atoms with Gasteiger partial charge in [0.05, 0.1) is 0 Å². The standard InChI is InChI=1S/C10H14O3/c11-9-5-3-4-8(9)10(13-12)6-1-2-7-10/h4,12H,1-3,5-7H2. The fourth-order valence-electron chi connectivity index (χ4n) is 2.39. The molecule has 1 fully saturated rings. The van der Waals surface area contributed by atoms with Crippen LogP contribution in [0.3, 0.4) is 0 Å². The van der Waals surface area contributed by atoms with Gasteiger partial charge in [-0.3, -0.25) is 10.1 Å². The zero-order valence-electron chi connectivity index (χ0n) is 7.58. The molecule has 72 valence electrons. The van der Waals surface area contributed by atoms with Crippen molar-refractivity contribution in [1.29, 1.82) is 0 Å². The van der Waals surface area contributed by atoms with Gasteiger partial charge in [-0.25, -0.2) is 4.89 Å². The number of rotatable bonds is 2. The van der Waals surface area contributed by atoms with Crippen molar-refractivity contribution in [3.63, 3.8) is 0 Å². The Morgan fingerprint density at radius 1 is 1.38 bits per heavy atom. The van der Waals surface area contributed by atoms with Gasteiger partial charge in [0.25, 0.3) is 0 Å². The Kier molecular flexibility index (Phi) is 2.22. The van der Waals surface area contributed by atoms with Crippen LogP contribution >= 0.6 is 0 Å². The summed E-state index contributed by atoms with van der Waals surface area (Å²) in [7, 11) is 0. The molecule has 0 aromatic carbocycles. The average molecular weight is 182 g/mol. The first-order chi connectivity index (χ1) is 6.28. The fraction of sp³-hybridized carbons (Fsp3) is 0.700. The summed E-state index contributed by atoms with van der Waals surface area (Å²) in [6.07, 6.45) is 6.93. The molecule has 0 spiro atoms. The van der Waals surface area contributed by atoms with E-state index in [-0.39, 0.29) is 5.78 Å². The minimum atomic E-state index is -0.645. The van der Waals surface area contributed by atoms with Crippen molar-refractivity contribution in [2.45, 2.75) is 44.1 Å². The second-order valence-electron chi connectivity index (χ2n) is 3.87. The van der Waals surface area contributed by atoms with E-state index in [0.717, 1.165) is 32.1 Å². The molecule has 0 amide bonds. The van der Waals surface area contributed by atoms with E-state index in [1.54, 1.807) is 0 Å². The minimum Gasteiger partial charge on any atom is -0.294 e. The molecule has 2 rings (SSSR count). The first kappa shape index (κ1) is 8.91. The third-order valence-corrected chi connectivity index (χ3v) is 3.10. The lowest BCUT2D eigenvalue weighted by molar-refractivity contribution is -0.308. The number of hydrogen-bond acceptors (Lipinski definition) is 3. The average Bonchev–Trinajstić information content (AvgIpc) is 2.73. The number of carbonyl (C=O) groups excluding carboxylic acids is 1. The Labute approximate surface area is 77.3 Å². The van der Waals surface area contributed by atoms with Gasteiger partial charge in [0.1, 0.15) is 5.60 Å². The molecule has 1 N–H and O–H groups in total. The van der Waals surface area contributed by atoms with E-state index in [1.807, 2.05) is 6.08 Å². The molecule has 0 aliphatic heterocycles. The van der Waals surface area contributed by atoms with Crippen molar-refractivity contribution >= 4 is 5.78 Å². The maximum absolute atomic E-state index is 11.5. The highest BCUT2D eigenvalue weighted by Gasteiger charge is 2.43. The Balaban J connectivity index is 2.25. The Morgan fingerprint density at radius 2 is 2.08 bits per heavy atom. The van der Waals surface area contributed by atoms with Crippen LogP contribution < -0.4 is 0 Å². The highest BCUT2D eigenvalue weighted by atomic mass is 17.1. The number of hydrogen-bond donors (Lipinski definition) is 1. The summed E-state index contributed by atoms with van der Waals surface area (Å²) in [5, 5.41) is 8.90. The van der Waals surface area contributed by atoms with Gasteiger partial charge in [-0.1, -0.05) is 6.08 Å². The summed E-state index contributed by atoms with van der Waals surface area (Å²) in [5.41, 5.74) is 0.0700. The van der Waals surface area contributed by atoms with E-state index in [0.29, 0.717) is 12.0 Å². The number of ketones is 1. The SMILES string of the molecule is O=C1CCC=C1C1(OO)CCCC1. The van der Waals surface area contributed by atoms with Gasteiger partial charge in [-0.2, -0.15) is 0 Å². The molecule has 0 atom stereocenters. The van der Waals surface area contributed by atoms with Gasteiger partial charge in [0.2, 0.25) is 0 Å². The van der Waals surface area contributed by atoms with E-state index >= 15 is 0 Å². The quantitative estimate of drug-likeness (QED) is 0.525. The molecule has 0 bridgehead atoms. The number of Topliss-reactive ketones (excluding diaryl/α,β-unsaturated/α-hetero) is 1. The summed E-state index contributed by atoms with van der Waals surface area (Å²) in [6.45, 7) is 0. The molecular formula is C10H14O3. The van der Waals surface area contributed by atoms with Crippen molar-refractivity contribution in [3.05, 3.63) is 11.6 Å². The first-order valence-electron chi connectivity index (χ1n) is 4.85. The van der Waals surface area contributed by atoms with E-state index in [2.05, 4.69) is 4.89 Å². The molecular weight excluding hydrogens is 168 g/mol. The summed E-state index contributed by atoms with van der Waals surface area (Å²) in [4.78, 5) is 16.0. The van der Waals surface area contributed by atoms with Crippen molar-refractivity contribution < 1.29 is 14.9 Å². The van der Waals surface area contributed by atoms with Crippen molar-refractivity contribution in [2.24, 2.45) is 0 Å². The minimum absolute atomic E-state index is 0.149. The van der Waals surface area contributed by atoms with Crippen LogP contribution in [-0.4, -0.2) is 16.6 Å². The van der Waals surface area contributed by atoms with Crippen LogP contribution in [-0.2, 0) is 9.68 Å². The van der Waals surface area contributed by atoms with Crippen LogP contribution in [0.1, 0.15) is 38.5 Å². The third-order valence-electron chi connectivity index (χ3n) is 3.10. The van der Waals surface area contributed by atoms with E-state index in [4.69, 9.17) is 5.26 Å². The largest absolute Gasteiger partial charge is 0.294 e. The normalized spacial score (nSPS) is 26.5. The molecule has 13 heavy (non-hydrogen) atoms. The Hall–Kier alpha value is -0.670. The van der Waals surface area contributed by atoms with Gasteiger partial charge in [0, 0.05) is 12.0 Å². The molecule has 0 heterocycles. The van der Waals surface area contributed by atoms with Gasteiger partial charge in [0.15, 0.2) is 5.78 Å². The summed E-state index contributed by atoms with van der Waals surface area (Å²) < 4.78 is 0. The molecule has 0 unspecified atom stereocenters. The lowest BCUT2D eigenvalue weighted by atomic mass is 9.91. The second kappa shape index (κ2) is 3.24. The van der Waals surface area contributed by atoms with Crippen LogP contribution in [0.5, 0.6) is 0 Å². The van der Waals surface area contributed by atoms with E-state index in [1.165, 1.54) is 0 Å². The Bertz CT molecular complexity index is 249. The molecule has 0 saturated heterocycles. The Morgan fingerprint density at radius 3 is 2.54 bits per heavy atom. The van der Waals surface area contributed by atoms with Crippen LogP contribution in [0.2, 0.25) is 0 Å². The maximum atomic E-state index is 11.5. The van der Waals surface area contributed by atoms with E-state index in [9.17, 15) is 4.79 Å².